The molecule has 100 heavy (non-hydrogen) atoms. The van der Waals surface area contributed by atoms with Gasteiger partial charge in [0.1, 0.15) is 66.1 Å². The molecule has 28 heteroatoms. The molecule has 0 radical (unpaired) electrons. The minimum Gasteiger partial charge on any atom is -0.343 e. The maximum atomic E-state index is 15.5. The molecule has 564 valence electrons. The second-order valence-corrected chi connectivity index (χ2v) is 30.8. The van der Waals surface area contributed by atoms with Gasteiger partial charge < -0.3 is 60.0 Å². The van der Waals surface area contributed by atoms with Gasteiger partial charge in [0.2, 0.25) is 70.9 Å². The third-order valence-electron chi connectivity index (χ3n) is 23.6. The third kappa shape index (κ3) is 18.8. The molecule has 4 saturated heterocycles. The van der Waals surface area contributed by atoms with E-state index in [2.05, 4.69) is 16.0 Å². The lowest BCUT2D eigenvalue weighted by molar-refractivity contribution is -0.201. The SMILES string of the molecule is CC[C@H](C)[C@@H]1NC(=O)[C@H](CC(C)C)N(C)C(=O)C[C@@H](C(=O)N2CCCC2)N(C)C(=O)[C@H]([C@@H](C)CC)N(C)C(=O)C2(CCCC2)NC(=O)[C@@H]2CCCN2C(=O)[C@H](CCC2CCC(C(F)(F)F)C(F)C2)NC(=O)CN(C)C(=O)[C@H](CC2CCCCC2)N(C)C(=O)[C@@H]2CCN2C(=O)[C@H](C)N(C)C1=O. The van der Waals surface area contributed by atoms with Crippen LogP contribution in [0.5, 0.6) is 0 Å². The van der Waals surface area contributed by atoms with E-state index in [0.717, 1.165) is 37.0 Å². The molecule has 0 aromatic rings. The fraction of sp³-hybridized carbons (Fsp3) is 0.833. The number of likely N-dealkylation sites (tertiary alicyclic amines) is 1. The molecule has 12 amide bonds. The Morgan fingerprint density at radius 3 is 1.79 bits per heavy atom. The average Bonchev–Trinajstić information content (AvgIpc) is 1.24. The van der Waals surface area contributed by atoms with Crippen molar-refractivity contribution >= 4 is 70.9 Å². The normalized spacial score (nSPS) is 31.1. The Morgan fingerprint density at radius 1 is 0.580 bits per heavy atom. The van der Waals surface area contributed by atoms with Crippen LogP contribution in [0.1, 0.15) is 203 Å². The first-order valence-electron chi connectivity index (χ1n) is 37.2. The van der Waals surface area contributed by atoms with Gasteiger partial charge in [-0.2, -0.15) is 13.2 Å². The van der Waals surface area contributed by atoms with E-state index >= 15 is 28.4 Å². The predicted octanol–water partition coefficient (Wildman–Crippen LogP) is 5.82. The molecule has 0 aromatic carbocycles. The Morgan fingerprint density at radius 2 is 1.21 bits per heavy atom. The van der Waals surface area contributed by atoms with E-state index in [9.17, 15) is 46.7 Å². The summed E-state index contributed by atoms with van der Waals surface area (Å²) in [5.41, 5.74) is -1.59. The first kappa shape index (κ1) is 80.7. The number of nitrogens with zero attached hydrogens (tertiary/aromatic N) is 9. The van der Waals surface area contributed by atoms with Gasteiger partial charge in [-0.3, -0.25) is 57.5 Å². The van der Waals surface area contributed by atoms with Crippen molar-refractivity contribution in [3.8, 4) is 0 Å². The van der Waals surface area contributed by atoms with Gasteiger partial charge in [0.25, 0.3) is 0 Å². The number of carbonyl (C=O) groups excluding carboxylic acids is 12. The number of carbonyl (C=O) groups is 12. The highest BCUT2D eigenvalue weighted by Crippen LogP contribution is 2.43. The summed E-state index contributed by atoms with van der Waals surface area (Å²) in [6, 6.07) is -11.0. The first-order valence-corrected chi connectivity index (χ1v) is 37.2. The van der Waals surface area contributed by atoms with Crippen molar-refractivity contribution < 1.29 is 75.1 Å². The molecule has 7 rings (SSSR count). The van der Waals surface area contributed by atoms with Gasteiger partial charge in [-0.15, -0.1) is 0 Å². The lowest BCUT2D eigenvalue weighted by Crippen LogP contribution is -2.65. The molecule has 3 saturated carbocycles. The van der Waals surface area contributed by atoms with Crippen LogP contribution in [0.2, 0.25) is 0 Å². The molecule has 7 fully saturated rings. The highest BCUT2D eigenvalue weighted by molar-refractivity contribution is 6.01. The zero-order chi connectivity index (χ0) is 74.0. The molecular weight excluding hydrogens is 1300 g/mol. The zero-order valence-corrected chi connectivity index (χ0v) is 61.7. The molecule has 1 spiro atoms. The number of halogens is 4. The summed E-state index contributed by atoms with van der Waals surface area (Å²) < 4.78 is 56.9. The van der Waals surface area contributed by atoms with Crippen molar-refractivity contribution in [2.75, 3.05) is 75.0 Å². The smallest absolute Gasteiger partial charge is 0.343 e. The Hall–Kier alpha value is -6.64. The van der Waals surface area contributed by atoms with Crippen LogP contribution >= 0.6 is 0 Å². The number of rotatable bonds is 12. The van der Waals surface area contributed by atoms with Crippen molar-refractivity contribution in [3.63, 3.8) is 0 Å². The molecule has 4 heterocycles. The first-order chi connectivity index (χ1) is 47.1. The van der Waals surface area contributed by atoms with Crippen LogP contribution in [0, 0.1) is 35.5 Å². The van der Waals surface area contributed by atoms with E-state index < -0.39 is 193 Å². The van der Waals surface area contributed by atoms with Crippen LogP contribution in [0.25, 0.3) is 0 Å². The van der Waals surface area contributed by atoms with Crippen LogP contribution in [0.15, 0.2) is 0 Å². The Kier molecular flexibility index (Phi) is 28.3. The standard InChI is InChI=1S/C72H116F4N12O12/c1-14-44(5)59-68(98)81(9)46(7)63(93)88-37-31-53(88)66(96)83(11)55(40-47-24-17-16-18-25-47)65(95)80(8)42-57(89)77-51(30-28-48-27-29-49(50(73)39-48)72(74,75)76)64(94)87-36-23-26-52(87)62(92)79-71(32-19-20-33-71)70(100)85(13)60(45(6)15-2)69(99)84(12)56(67(97)86-34-21-22-35-86)41-58(90)82(10)54(38-43(3)4)61(91)78-59/h43-56,59-60H,14-42H2,1-13H3,(H,77,89)(H,78,91)(H,79,92)/t44-,45-,46-,48?,49?,50?,51-,52-,53-,54-,55-,56-,59-,60-/m0/s1. The number of likely N-dealkylation sites (N-methyl/N-ethyl adjacent to an activating group) is 6. The number of hydrogen-bond donors (Lipinski definition) is 3. The predicted molar refractivity (Wildman–Crippen MR) is 365 cm³/mol. The van der Waals surface area contributed by atoms with Gasteiger partial charge in [0.15, 0.2) is 0 Å². The highest BCUT2D eigenvalue weighted by Gasteiger charge is 2.53. The fourth-order valence-corrected chi connectivity index (χ4v) is 16.4. The third-order valence-corrected chi connectivity index (χ3v) is 23.6. The van der Waals surface area contributed by atoms with E-state index in [1.807, 2.05) is 27.7 Å². The van der Waals surface area contributed by atoms with E-state index in [1.165, 1.54) is 83.5 Å². The zero-order valence-electron chi connectivity index (χ0n) is 61.7. The summed E-state index contributed by atoms with van der Waals surface area (Å²) in [5.74, 6) is -11.6. The lowest BCUT2D eigenvalue weighted by atomic mass is 9.78. The minimum absolute atomic E-state index is 0.000141. The summed E-state index contributed by atoms with van der Waals surface area (Å²) >= 11 is 0. The molecule has 24 nitrogen and oxygen atoms in total. The Labute approximate surface area is 589 Å². The van der Waals surface area contributed by atoms with Gasteiger partial charge in [0, 0.05) is 68.5 Å². The molecular formula is C72H116F4N12O12. The van der Waals surface area contributed by atoms with Crippen LogP contribution in [-0.4, -0.2) is 262 Å². The number of hydrogen-bond acceptors (Lipinski definition) is 12. The monoisotopic (exact) mass is 1420 g/mol. The molecule has 0 bridgehead atoms. The van der Waals surface area contributed by atoms with Gasteiger partial charge >= 0.3 is 6.18 Å². The second-order valence-electron chi connectivity index (χ2n) is 30.8. The van der Waals surface area contributed by atoms with E-state index in [-0.39, 0.29) is 82.7 Å². The number of amides is 12. The van der Waals surface area contributed by atoms with Crippen LogP contribution in [0.4, 0.5) is 17.6 Å². The summed E-state index contributed by atoms with van der Waals surface area (Å²) in [5, 5.41) is 8.75. The van der Waals surface area contributed by atoms with Crippen LogP contribution < -0.4 is 16.0 Å². The topological polar surface area (TPSA) is 270 Å². The van der Waals surface area contributed by atoms with Gasteiger partial charge in [-0.25, -0.2) is 4.39 Å². The quantitative estimate of drug-likeness (QED) is 0.195. The molecule has 3 N–H and O–H groups in total. The molecule has 14 atom stereocenters. The highest BCUT2D eigenvalue weighted by atomic mass is 19.4. The number of nitrogens with one attached hydrogen (secondary N) is 3. The van der Waals surface area contributed by atoms with Gasteiger partial charge in [-0.1, -0.05) is 99.3 Å². The summed E-state index contributed by atoms with van der Waals surface area (Å²) in [4.78, 5) is 192. The molecule has 0 aromatic heterocycles. The molecule has 3 unspecified atom stereocenters. The maximum Gasteiger partial charge on any atom is 0.394 e. The lowest BCUT2D eigenvalue weighted by Gasteiger charge is -2.45. The summed E-state index contributed by atoms with van der Waals surface area (Å²) in [6.45, 7) is 12.8. The van der Waals surface area contributed by atoms with Crippen molar-refractivity contribution in [2.24, 2.45) is 35.5 Å². The van der Waals surface area contributed by atoms with Crippen molar-refractivity contribution in [1.29, 1.82) is 0 Å². The number of fused-ring (bicyclic) bond motifs is 2. The fourth-order valence-electron chi connectivity index (χ4n) is 16.4. The summed E-state index contributed by atoms with van der Waals surface area (Å²) in [6.07, 6.45) is 0.294. The summed E-state index contributed by atoms with van der Waals surface area (Å²) in [7, 11) is 8.61. The minimum atomic E-state index is -4.75. The Balaban J connectivity index is 1.28. The average molecular weight is 1420 g/mol. The maximum absolute atomic E-state index is 15.5. The van der Waals surface area contributed by atoms with E-state index in [4.69, 9.17) is 0 Å². The van der Waals surface area contributed by atoms with Crippen molar-refractivity contribution in [3.05, 3.63) is 0 Å². The Bertz CT molecular complexity index is 2940. The largest absolute Gasteiger partial charge is 0.394 e. The molecule has 7 aliphatic rings. The van der Waals surface area contributed by atoms with Crippen molar-refractivity contribution in [1.82, 2.24) is 60.0 Å². The van der Waals surface area contributed by atoms with Crippen LogP contribution in [-0.2, 0) is 57.5 Å². The van der Waals surface area contributed by atoms with Gasteiger partial charge in [0.05, 0.1) is 18.9 Å². The van der Waals surface area contributed by atoms with E-state index in [1.54, 1.807) is 18.7 Å². The van der Waals surface area contributed by atoms with Gasteiger partial charge in [-0.05, 0) is 126 Å². The molecule has 4 aliphatic heterocycles. The van der Waals surface area contributed by atoms with Crippen molar-refractivity contribution in [2.45, 2.75) is 275 Å². The second kappa shape index (κ2) is 35.0. The number of alkyl halides is 4. The molecule has 3 aliphatic carbocycles. The van der Waals surface area contributed by atoms with Crippen LogP contribution in [0.3, 0.4) is 0 Å². The van der Waals surface area contributed by atoms with E-state index in [0.29, 0.717) is 58.0 Å².